The zero-order chi connectivity index (χ0) is 17.1. The number of rotatable bonds is 6. The molecular formula is C20H24N2O2. The highest BCUT2D eigenvalue weighted by molar-refractivity contribution is 6.10. The van der Waals surface area contributed by atoms with Gasteiger partial charge in [0.05, 0.1) is 12.2 Å². The van der Waals surface area contributed by atoms with E-state index in [9.17, 15) is 4.79 Å². The lowest BCUT2D eigenvalue weighted by Crippen LogP contribution is -2.15. The first-order valence-electron chi connectivity index (χ1n) is 8.44. The van der Waals surface area contributed by atoms with Gasteiger partial charge in [0, 0.05) is 28.4 Å². The Labute approximate surface area is 142 Å². The largest absolute Gasteiger partial charge is 0.462 e. The third kappa shape index (κ3) is 3.15. The summed E-state index contributed by atoms with van der Waals surface area (Å²) in [6.07, 6.45) is 1.08. The lowest BCUT2D eigenvalue weighted by Gasteiger charge is -2.11. The van der Waals surface area contributed by atoms with Crippen molar-refractivity contribution in [3.8, 4) is 0 Å². The van der Waals surface area contributed by atoms with Gasteiger partial charge in [-0.2, -0.15) is 0 Å². The van der Waals surface area contributed by atoms with Gasteiger partial charge in [-0.25, -0.2) is 4.79 Å². The Morgan fingerprint density at radius 3 is 2.58 bits per heavy atom. The fourth-order valence-electron chi connectivity index (χ4n) is 3.18. The SMILES string of the molecule is CCOC(=O)c1ccc2c(c1)c1ccccc1n2CCCN(C)C. The van der Waals surface area contributed by atoms with Gasteiger partial charge in [-0.15, -0.1) is 0 Å². The monoisotopic (exact) mass is 324 g/mol. The van der Waals surface area contributed by atoms with E-state index >= 15 is 0 Å². The summed E-state index contributed by atoms with van der Waals surface area (Å²) in [6.45, 7) is 4.23. The lowest BCUT2D eigenvalue weighted by atomic mass is 10.1. The van der Waals surface area contributed by atoms with E-state index in [1.165, 1.54) is 16.4 Å². The summed E-state index contributed by atoms with van der Waals surface area (Å²) in [5.41, 5.74) is 3.00. The lowest BCUT2D eigenvalue weighted by molar-refractivity contribution is 0.0526. The average Bonchev–Trinajstić information content (AvgIpc) is 2.89. The first-order valence-corrected chi connectivity index (χ1v) is 8.44. The summed E-state index contributed by atoms with van der Waals surface area (Å²) in [6, 6.07) is 14.2. The van der Waals surface area contributed by atoms with Crippen LogP contribution >= 0.6 is 0 Å². The molecule has 1 heterocycles. The van der Waals surface area contributed by atoms with E-state index in [2.05, 4.69) is 41.8 Å². The number of carbonyl (C=O) groups excluding carboxylic acids is 1. The van der Waals surface area contributed by atoms with Crippen molar-refractivity contribution in [1.82, 2.24) is 9.47 Å². The van der Waals surface area contributed by atoms with Crippen LogP contribution in [0.1, 0.15) is 23.7 Å². The van der Waals surface area contributed by atoms with Crippen LogP contribution in [0.5, 0.6) is 0 Å². The highest BCUT2D eigenvalue weighted by Crippen LogP contribution is 2.30. The number of hydrogen-bond donors (Lipinski definition) is 0. The van der Waals surface area contributed by atoms with Gasteiger partial charge < -0.3 is 14.2 Å². The van der Waals surface area contributed by atoms with Crippen LogP contribution in [0.2, 0.25) is 0 Å². The summed E-state index contributed by atoms with van der Waals surface area (Å²) in [5.74, 6) is -0.260. The number of carbonyl (C=O) groups is 1. The highest BCUT2D eigenvalue weighted by atomic mass is 16.5. The number of esters is 1. The van der Waals surface area contributed by atoms with Crippen LogP contribution in [0.15, 0.2) is 42.5 Å². The molecule has 0 amide bonds. The Morgan fingerprint density at radius 2 is 1.83 bits per heavy atom. The molecule has 0 aliphatic rings. The highest BCUT2D eigenvalue weighted by Gasteiger charge is 2.13. The molecule has 0 aliphatic carbocycles. The molecule has 24 heavy (non-hydrogen) atoms. The van der Waals surface area contributed by atoms with Gasteiger partial charge in [-0.05, 0) is 58.3 Å². The van der Waals surface area contributed by atoms with Gasteiger partial charge in [0.15, 0.2) is 0 Å². The van der Waals surface area contributed by atoms with Crippen molar-refractivity contribution in [1.29, 1.82) is 0 Å². The van der Waals surface area contributed by atoms with E-state index in [0.717, 1.165) is 24.9 Å². The minimum atomic E-state index is -0.260. The molecular weight excluding hydrogens is 300 g/mol. The number of nitrogens with zero attached hydrogens (tertiary/aromatic N) is 2. The number of para-hydroxylation sites is 1. The van der Waals surface area contributed by atoms with Crippen molar-refractivity contribution in [3.63, 3.8) is 0 Å². The van der Waals surface area contributed by atoms with Crippen molar-refractivity contribution in [2.24, 2.45) is 0 Å². The molecule has 0 aliphatic heterocycles. The molecule has 0 atom stereocenters. The van der Waals surface area contributed by atoms with E-state index in [0.29, 0.717) is 12.2 Å². The zero-order valence-electron chi connectivity index (χ0n) is 14.6. The summed E-state index contributed by atoms with van der Waals surface area (Å²) in [7, 11) is 4.19. The van der Waals surface area contributed by atoms with E-state index in [-0.39, 0.29) is 5.97 Å². The third-order valence-electron chi connectivity index (χ3n) is 4.27. The van der Waals surface area contributed by atoms with Gasteiger partial charge in [0.1, 0.15) is 0 Å². The van der Waals surface area contributed by atoms with Crippen LogP contribution in [0.25, 0.3) is 21.8 Å². The van der Waals surface area contributed by atoms with Crippen molar-refractivity contribution in [3.05, 3.63) is 48.0 Å². The predicted molar refractivity (Wildman–Crippen MR) is 98.6 cm³/mol. The molecule has 126 valence electrons. The number of aromatic nitrogens is 1. The normalized spacial score (nSPS) is 11.5. The summed E-state index contributed by atoms with van der Waals surface area (Å²) in [4.78, 5) is 14.2. The minimum absolute atomic E-state index is 0.260. The fraction of sp³-hybridized carbons (Fsp3) is 0.350. The van der Waals surface area contributed by atoms with Crippen LogP contribution in [-0.4, -0.2) is 42.7 Å². The molecule has 0 spiro atoms. The van der Waals surface area contributed by atoms with E-state index in [4.69, 9.17) is 4.74 Å². The van der Waals surface area contributed by atoms with Crippen molar-refractivity contribution >= 4 is 27.8 Å². The van der Waals surface area contributed by atoms with Gasteiger partial charge in [0.25, 0.3) is 0 Å². The molecule has 0 saturated heterocycles. The van der Waals surface area contributed by atoms with E-state index in [1.54, 1.807) is 0 Å². The third-order valence-corrected chi connectivity index (χ3v) is 4.27. The molecule has 0 N–H and O–H groups in total. The molecule has 2 aromatic carbocycles. The predicted octanol–water partition coefficient (Wildman–Crippen LogP) is 3.92. The van der Waals surface area contributed by atoms with Gasteiger partial charge in [0.2, 0.25) is 0 Å². The van der Waals surface area contributed by atoms with Crippen LogP contribution in [-0.2, 0) is 11.3 Å². The average molecular weight is 324 g/mol. The maximum atomic E-state index is 12.0. The molecule has 3 rings (SSSR count). The number of hydrogen-bond acceptors (Lipinski definition) is 3. The van der Waals surface area contributed by atoms with Crippen LogP contribution in [0.4, 0.5) is 0 Å². The quantitative estimate of drug-likeness (QED) is 0.645. The number of aryl methyl sites for hydroxylation is 1. The Hall–Kier alpha value is -2.33. The second-order valence-corrected chi connectivity index (χ2v) is 6.28. The van der Waals surface area contributed by atoms with E-state index < -0.39 is 0 Å². The van der Waals surface area contributed by atoms with Crippen molar-refractivity contribution in [2.75, 3.05) is 27.2 Å². The first-order chi connectivity index (χ1) is 11.6. The maximum absolute atomic E-state index is 12.0. The Bertz CT molecular complexity index is 865. The van der Waals surface area contributed by atoms with Crippen LogP contribution in [0.3, 0.4) is 0 Å². The molecule has 4 nitrogen and oxygen atoms in total. The molecule has 0 saturated carbocycles. The summed E-state index contributed by atoms with van der Waals surface area (Å²) in [5, 5.41) is 2.30. The summed E-state index contributed by atoms with van der Waals surface area (Å²) < 4.78 is 7.49. The second kappa shape index (κ2) is 7.05. The Kier molecular flexibility index (Phi) is 4.86. The van der Waals surface area contributed by atoms with Crippen LogP contribution < -0.4 is 0 Å². The number of ether oxygens (including phenoxy) is 1. The maximum Gasteiger partial charge on any atom is 0.338 e. The fourth-order valence-corrected chi connectivity index (χ4v) is 3.18. The number of benzene rings is 2. The number of fused-ring (bicyclic) bond motifs is 3. The minimum Gasteiger partial charge on any atom is -0.462 e. The zero-order valence-corrected chi connectivity index (χ0v) is 14.6. The topological polar surface area (TPSA) is 34.5 Å². The Balaban J connectivity index is 2.07. The molecule has 3 aromatic rings. The molecule has 0 radical (unpaired) electrons. The second-order valence-electron chi connectivity index (χ2n) is 6.28. The molecule has 0 bridgehead atoms. The molecule has 0 fully saturated rings. The van der Waals surface area contributed by atoms with E-state index in [1.807, 2.05) is 31.2 Å². The Morgan fingerprint density at radius 1 is 1.08 bits per heavy atom. The van der Waals surface area contributed by atoms with Crippen LogP contribution in [0, 0.1) is 0 Å². The summed E-state index contributed by atoms with van der Waals surface area (Å²) >= 11 is 0. The van der Waals surface area contributed by atoms with Gasteiger partial charge in [-0.1, -0.05) is 18.2 Å². The van der Waals surface area contributed by atoms with Crippen molar-refractivity contribution in [2.45, 2.75) is 19.9 Å². The van der Waals surface area contributed by atoms with Gasteiger partial charge in [-0.3, -0.25) is 0 Å². The van der Waals surface area contributed by atoms with Crippen molar-refractivity contribution < 1.29 is 9.53 Å². The molecule has 0 unspecified atom stereocenters. The molecule has 4 heteroatoms. The molecule has 1 aromatic heterocycles. The van der Waals surface area contributed by atoms with Gasteiger partial charge >= 0.3 is 5.97 Å². The first kappa shape index (κ1) is 16.5. The standard InChI is InChI=1S/C20H24N2O2/c1-4-24-20(23)15-10-11-19-17(14-15)16-8-5-6-9-18(16)22(19)13-7-12-21(2)3/h5-6,8-11,14H,4,7,12-13H2,1-3H3. The smallest absolute Gasteiger partial charge is 0.338 e.